The Morgan fingerprint density at radius 3 is 2.83 bits per heavy atom. The lowest BCUT2D eigenvalue weighted by molar-refractivity contribution is 0.577. The molecule has 0 unspecified atom stereocenters. The number of hydrogen-bond donors (Lipinski definition) is 3. The number of aromatic amines is 1. The van der Waals surface area contributed by atoms with E-state index in [1.54, 1.807) is 18.4 Å². The van der Waals surface area contributed by atoms with Gasteiger partial charge in [0.2, 0.25) is 5.82 Å². The molecule has 7 nitrogen and oxygen atoms in total. The topological polar surface area (TPSA) is 91.1 Å². The van der Waals surface area contributed by atoms with Crippen LogP contribution in [0.1, 0.15) is 18.3 Å². The van der Waals surface area contributed by atoms with Crippen LogP contribution in [-0.4, -0.2) is 40.8 Å². The summed E-state index contributed by atoms with van der Waals surface area (Å²) < 4.78 is 32.2. The first-order chi connectivity index (χ1) is 13.7. The summed E-state index contributed by atoms with van der Waals surface area (Å²) in [5, 5.41) is 13.2. The van der Waals surface area contributed by atoms with Gasteiger partial charge < -0.3 is 15.1 Å². The largest absolute Gasteiger partial charge is 0.461 e. The molecule has 1 aromatic carbocycles. The molecule has 0 saturated heterocycles. The minimum atomic E-state index is -0.446. The maximum Gasteiger partial charge on any atom is 0.216 e. The second-order valence-corrected chi connectivity index (χ2v) is 6.01. The standard InChI is InChI=1S/C19H22F2N6O.HI/c1-2-22-19(23-9-7-13-12-14(20)5-6-15(13)21)24-10-8-17-25-18(27-26-17)16-4-3-11-28-16;/h3-6,11-12H,2,7-10H2,1H3,(H2,22,23,24)(H,25,26,27);1H. The molecule has 156 valence electrons. The molecule has 3 N–H and O–H groups in total. The highest BCUT2D eigenvalue weighted by molar-refractivity contribution is 14.0. The summed E-state index contributed by atoms with van der Waals surface area (Å²) in [6, 6.07) is 7.03. The summed E-state index contributed by atoms with van der Waals surface area (Å²) in [6.07, 6.45) is 2.49. The molecule has 0 bridgehead atoms. The normalized spacial score (nSPS) is 11.2. The van der Waals surface area contributed by atoms with Crippen LogP contribution in [0.25, 0.3) is 11.6 Å². The van der Waals surface area contributed by atoms with E-state index in [-0.39, 0.29) is 24.0 Å². The van der Waals surface area contributed by atoms with E-state index in [1.807, 2.05) is 6.92 Å². The number of rotatable bonds is 8. The van der Waals surface area contributed by atoms with Gasteiger partial charge in [0.05, 0.1) is 6.26 Å². The average Bonchev–Trinajstić information content (AvgIpc) is 3.36. The second-order valence-electron chi connectivity index (χ2n) is 6.01. The van der Waals surface area contributed by atoms with Gasteiger partial charge in [-0.1, -0.05) is 0 Å². The molecule has 0 radical (unpaired) electrons. The van der Waals surface area contributed by atoms with Crippen molar-refractivity contribution in [2.24, 2.45) is 4.99 Å². The quantitative estimate of drug-likeness (QED) is 0.243. The fourth-order valence-corrected chi connectivity index (χ4v) is 2.59. The zero-order chi connectivity index (χ0) is 19.8. The van der Waals surface area contributed by atoms with Gasteiger partial charge in [-0.15, -0.1) is 24.0 Å². The van der Waals surface area contributed by atoms with Crippen molar-refractivity contribution >= 4 is 29.9 Å². The van der Waals surface area contributed by atoms with Crippen LogP contribution in [-0.2, 0) is 12.8 Å². The van der Waals surface area contributed by atoms with Crippen LogP contribution < -0.4 is 10.6 Å². The van der Waals surface area contributed by atoms with Crippen molar-refractivity contribution in [1.29, 1.82) is 0 Å². The molecule has 0 aliphatic heterocycles. The van der Waals surface area contributed by atoms with Crippen molar-refractivity contribution in [2.75, 3.05) is 19.6 Å². The van der Waals surface area contributed by atoms with Crippen LogP contribution >= 0.6 is 24.0 Å². The molecule has 2 heterocycles. The van der Waals surface area contributed by atoms with Crippen LogP contribution in [0.5, 0.6) is 0 Å². The molecule has 0 spiro atoms. The molecule has 0 amide bonds. The molecule has 0 aliphatic carbocycles. The van der Waals surface area contributed by atoms with Crippen molar-refractivity contribution in [2.45, 2.75) is 19.8 Å². The Morgan fingerprint density at radius 1 is 1.21 bits per heavy atom. The molecule has 3 rings (SSSR count). The lowest BCUT2D eigenvalue weighted by Crippen LogP contribution is -2.38. The van der Waals surface area contributed by atoms with E-state index in [9.17, 15) is 8.78 Å². The Morgan fingerprint density at radius 2 is 2.07 bits per heavy atom. The van der Waals surface area contributed by atoms with Gasteiger partial charge in [0.1, 0.15) is 17.5 Å². The number of guanidine groups is 1. The van der Waals surface area contributed by atoms with Gasteiger partial charge >= 0.3 is 0 Å². The van der Waals surface area contributed by atoms with Crippen LogP contribution in [0.3, 0.4) is 0 Å². The summed E-state index contributed by atoms with van der Waals surface area (Å²) >= 11 is 0. The van der Waals surface area contributed by atoms with E-state index in [1.165, 1.54) is 6.07 Å². The molecule has 0 fully saturated rings. The predicted molar refractivity (Wildman–Crippen MR) is 117 cm³/mol. The Kier molecular flexibility index (Phi) is 9.03. The molecular weight excluding hydrogens is 493 g/mol. The van der Waals surface area contributed by atoms with Crippen molar-refractivity contribution < 1.29 is 13.2 Å². The van der Waals surface area contributed by atoms with Crippen LogP contribution in [0.4, 0.5) is 8.78 Å². The number of hydrogen-bond acceptors (Lipinski definition) is 4. The molecule has 0 aliphatic rings. The number of aliphatic imine (C=N–C) groups is 1. The number of furan rings is 1. The Bertz CT molecular complexity index is 913. The van der Waals surface area contributed by atoms with Crippen molar-refractivity contribution in [3.05, 3.63) is 59.6 Å². The lowest BCUT2D eigenvalue weighted by Gasteiger charge is -2.11. The van der Waals surface area contributed by atoms with Crippen LogP contribution in [0.15, 0.2) is 46.0 Å². The van der Waals surface area contributed by atoms with Gasteiger partial charge in [-0.25, -0.2) is 13.8 Å². The second kappa shape index (κ2) is 11.5. The minimum absolute atomic E-state index is 0. The summed E-state index contributed by atoms with van der Waals surface area (Å²) in [6.45, 7) is 3.55. The number of aromatic nitrogens is 3. The van der Waals surface area contributed by atoms with E-state index < -0.39 is 11.6 Å². The van der Waals surface area contributed by atoms with Crippen LogP contribution in [0.2, 0.25) is 0 Å². The predicted octanol–water partition coefficient (Wildman–Crippen LogP) is 3.30. The fraction of sp³-hybridized carbons (Fsp3) is 0.316. The summed E-state index contributed by atoms with van der Waals surface area (Å²) in [4.78, 5) is 8.83. The number of nitrogens with zero attached hydrogens (tertiary/aromatic N) is 3. The first-order valence-corrected chi connectivity index (χ1v) is 9.07. The zero-order valence-electron chi connectivity index (χ0n) is 15.9. The third-order valence-corrected chi connectivity index (χ3v) is 3.93. The maximum absolute atomic E-state index is 13.7. The third kappa shape index (κ3) is 6.80. The van der Waals surface area contributed by atoms with E-state index in [0.29, 0.717) is 61.4 Å². The molecule has 3 aromatic rings. The molecule has 0 atom stereocenters. The Balaban J connectivity index is 0.00000300. The highest BCUT2D eigenvalue weighted by atomic mass is 127. The summed E-state index contributed by atoms with van der Waals surface area (Å²) in [7, 11) is 0. The lowest BCUT2D eigenvalue weighted by atomic mass is 10.1. The summed E-state index contributed by atoms with van der Waals surface area (Å²) in [5.74, 6) is 1.55. The van der Waals surface area contributed by atoms with E-state index in [2.05, 4.69) is 30.8 Å². The highest BCUT2D eigenvalue weighted by Crippen LogP contribution is 2.14. The third-order valence-electron chi connectivity index (χ3n) is 3.93. The van der Waals surface area contributed by atoms with E-state index >= 15 is 0 Å². The number of halogens is 3. The van der Waals surface area contributed by atoms with E-state index in [4.69, 9.17) is 4.42 Å². The Labute approximate surface area is 184 Å². The van der Waals surface area contributed by atoms with Crippen LogP contribution in [0, 0.1) is 11.6 Å². The SMILES string of the molecule is CCNC(=NCCc1nc(-c2ccco2)n[nH]1)NCCc1cc(F)ccc1F.I. The number of benzene rings is 1. The summed E-state index contributed by atoms with van der Waals surface area (Å²) in [5.41, 5.74) is 0.329. The fourth-order valence-electron chi connectivity index (χ4n) is 2.59. The van der Waals surface area contributed by atoms with Crippen molar-refractivity contribution in [3.63, 3.8) is 0 Å². The van der Waals surface area contributed by atoms with Gasteiger partial charge in [0.15, 0.2) is 11.7 Å². The molecule has 29 heavy (non-hydrogen) atoms. The molecule has 0 saturated carbocycles. The monoisotopic (exact) mass is 516 g/mol. The van der Waals surface area contributed by atoms with E-state index in [0.717, 1.165) is 12.1 Å². The van der Waals surface area contributed by atoms with Crippen molar-refractivity contribution in [1.82, 2.24) is 25.8 Å². The maximum atomic E-state index is 13.7. The molecular formula is C19H23F2IN6O. The van der Waals surface area contributed by atoms with Gasteiger partial charge in [0, 0.05) is 26.1 Å². The number of nitrogens with one attached hydrogen (secondary N) is 3. The van der Waals surface area contributed by atoms with Gasteiger partial charge in [0.25, 0.3) is 0 Å². The minimum Gasteiger partial charge on any atom is -0.461 e. The van der Waals surface area contributed by atoms with Gasteiger partial charge in [-0.2, -0.15) is 5.10 Å². The van der Waals surface area contributed by atoms with Gasteiger partial charge in [-0.05, 0) is 49.2 Å². The zero-order valence-corrected chi connectivity index (χ0v) is 18.2. The first-order valence-electron chi connectivity index (χ1n) is 9.07. The number of H-pyrrole nitrogens is 1. The Hall–Kier alpha value is -2.50. The smallest absolute Gasteiger partial charge is 0.216 e. The first kappa shape index (κ1) is 22.8. The average molecular weight is 516 g/mol. The molecule has 2 aromatic heterocycles. The van der Waals surface area contributed by atoms with Gasteiger partial charge in [-0.3, -0.25) is 10.1 Å². The molecule has 10 heteroatoms. The highest BCUT2D eigenvalue weighted by Gasteiger charge is 2.08. The van der Waals surface area contributed by atoms with Crippen molar-refractivity contribution in [3.8, 4) is 11.6 Å².